The van der Waals surface area contributed by atoms with E-state index in [1.807, 2.05) is 0 Å². The Balaban J connectivity index is 1.98. The summed E-state index contributed by atoms with van der Waals surface area (Å²) in [5.74, 6) is 1.77. The lowest BCUT2D eigenvalue weighted by molar-refractivity contribution is 0.516. The van der Waals surface area contributed by atoms with Gasteiger partial charge in [-0.1, -0.05) is 30.8 Å². The largest absolute Gasteiger partial charge is 0.544 e. The third-order valence-corrected chi connectivity index (χ3v) is 3.79. The Morgan fingerprint density at radius 3 is 2.29 bits per heavy atom. The van der Waals surface area contributed by atoms with Crippen molar-refractivity contribution < 1.29 is 4.43 Å². The first-order valence-electron chi connectivity index (χ1n) is 6.41. The van der Waals surface area contributed by atoms with Gasteiger partial charge in [0.1, 0.15) is 5.76 Å². The maximum Gasteiger partial charge on any atom is 0.242 e. The molecule has 1 aromatic rings. The van der Waals surface area contributed by atoms with Gasteiger partial charge in [-0.25, -0.2) is 0 Å². The molecule has 0 N–H and O–H groups in total. The molecule has 0 unspecified atom stereocenters. The normalized spacial score (nSPS) is 15.7. The van der Waals surface area contributed by atoms with Crippen molar-refractivity contribution >= 4 is 14.1 Å². The summed E-state index contributed by atoms with van der Waals surface area (Å²) in [7, 11) is -1.53. The van der Waals surface area contributed by atoms with Gasteiger partial charge in [-0.3, -0.25) is 0 Å². The van der Waals surface area contributed by atoms with E-state index in [9.17, 15) is 0 Å². The lowest BCUT2D eigenvalue weighted by Gasteiger charge is -2.21. The van der Waals surface area contributed by atoms with E-state index in [2.05, 4.69) is 50.5 Å². The first-order chi connectivity index (χ1) is 7.94. The summed E-state index contributed by atoms with van der Waals surface area (Å²) < 4.78 is 5.90. The SMILES string of the molecule is C=C(O[Si](C)(C)C)c1ccc(CC2CC2)cc1. The van der Waals surface area contributed by atoms with Gasteiger partial charge in [0.05, 0.1) is 0 Å². The molecule has 0 spiro atoms. The van der Waals surface area contributed by atoms with Gasteiger partial charge in [0.2, 0.25) is 8.32 Å². The summed E-state index contributed by atoms with van der Waals surface area (Å²) in [6, 6.07) is 8.71. The molecule has 0 bridgehead atoms. The van der Waals surface area contributed by atoms with E-state index in [4.69, 9.17) is 4.43 Å². The monoisotopic (exact) mass is 246 g/mol. The van der Waals surface area contributed by atoms with Crippen LogP contribution >= 0.6 is 0 Å². The molecule has 0 atom stereocenters. The van der Waals surface area contributed by atoms with Crippen molar-refractivity contribution in [1.82, 2.24) is 0 Å². The molecule has 0 saturated heterocycles. The Bertz CT molecular complexity index is 396. The van der Waals surface area contributed by atoms with Gasteiger partial charge in [-0.2, -0.15) is 0 Å². The zero-order chi connectivity index (χ0) is 12.5. The second-order valence-corrected chi connectivity index (χ2v) is 10.4. The summed E-state index contributed by atoms with van der Waals surface area (Å²) in [5.41, 5.74) is 2.56. The second-order valence-electron chi connectivity index (χ2n) is 5.98. The van der Waals surface area contributed by atoms with Crippen molar-refractivity contribution in [2.24, 2.45) is 5.92 Å². The molecule has 1 saturated carbocycles. The van der Waals surface area contributed by atoms with E-state index >= 15 is 0 Å². The van der Waals surface area contributed by atoms with Crippen LogP contribution in [0.2, 0.25) is 19.6 Å². The molecular weight excluding hydrogens is 224 g/mol. The average molecular weight is 246 g/mol. The van der Waals surface area contributed by atoms with Gasteiger partial charge in [-0.05, 0) is 50.4 Å². The van der Waals surface area contributed by atoms with E-state index in [-0.39, 0.29) is 0 Å². The Kier molecular flexibility index (Phi) is 3.43. The van der Waals surface area contributed by atoms with Crippen LogP contribution < -0.4 is 0 Å². The Morgan fingerprint density at radius 1 is 1.24 bits per heavy atom. The fraction of sp³-hybridized carbons (Fsp3) is 0.467. The highest BCUT2D eigenvalue weighted by Crippen LogP contribution is 2.32. The molecule has 0 amide bonds. The summed E-state index contributed by atoms with van der Waals surface area (Å²) in [4.78, 5) is 0. The van der Waals surface area contributed by atoms with Crippen LogP contribution in [-0.2, 0) is 10.8 Å². The highest BCUT2D eigenvalue weighted by atomic mass is 28.4. The molecule has 92 valence electrons. The quantitative estimate of drug-likeness (QED) is 0.550. The molecule has 1 aliphatic rings. The Labute approximate surface area is 106 Å². The van der Waals surface area contributed by atoms with Crippen LogP contribution in [0.3, 0.4) is 0 Å². The van der Waals surface area contributed by atoms with E-state index < -0.39 is 8.32 Å². The minimum absolute atomic E-state index is 0.821. The van der Waals surface area contributed by atoms with Crippen LogP contribution in [0, 0.1) is 5.92 Å². The highest BCUT2D eigenvalue weighted by molar-refractivity contribution is 6.70. The number of benzene rings is 1. The third-order valence-electron chi connectivity index (χ3n) is 2.93. The van der Waals surface area contributed by atoms with Gasteiger partial charge >= 0.3 is 0 Å². The van der Waals surface area contributed by atoms with Crippen LogP contribution in [0.5, 0.6) is 0 Å². The van der Waals surface area contributed by atoms with E-state index in [1.54, 1.807) is 0 Å². The molecule has 1 fully saturated rings. The third kappa shape index (κ3) is 4.04. The first-order valence-corrected chi connectivity index (χ1v) is 9.82. The Morgan fingerprint density at radius 2 is 1.82 bits per heavy atom. The van der Waals surface area contributed by atoms with Crippen molar-refractivity contribution in [2.75, 3.05) is 0 Å². The highest BCUT2D eigenvalue weighted by Gasteiger charge is 2.21. The predicted molar refractivity (Wildman–Crippen MR) is 76.3 cm³/mol. The molecule has 0 aliphatic heterocycles. The summed E-state index contributed by atoms with van der Waals surface area (Å²) in [6.07, 6.45) is 4.06. The summed E-state index contributed by atoms with van der Waals surface area (Å²) in [6.45, 7) is 10.6. The predicted octanol–water partition coefficient (Wildman–Crippen LogP) is 4.46. The van der Waals surface area contributed by atoms with Gasteiger partial charge in [-0.15, -0.1) is 0 Å². The van der Waals surface area contributed by atoms with Crippen molar-refractivity contribution in [3.8, 4) is 0 Å². The van der Waals surface area contributed by atoms with Crippen molar-refractivity contribution in [3.05, 3.63) is 42.0 Å². The van der Waals surface area contributed by atoms with Gasteiger partial charge < -0.3 is 4.43 Å². The molecule has 2 rings (SSSR count). The van der Waals surface area contributed by atoms with E-state index in [0.29, 0.717) is 0 Å². The Hall–Kier alpha value is -1.02. The van der Waals surface area contributed by atoms with Crippen LogP contribution in [0.25, 0.3) is 5.76 Å². The van der Waals surface area contributed by atoms with E-state index in [0.717, 1.165) is 17.2 Å². The van der Waals surface area contributed by atoms with E-state index in [1.165, 1.54) is 24.8 Å². The van der Waals surface area contributed by atoms with Gasteiger partial charge in [0.15, 0.2) is 0 Å². The lowest BCUT2D eigenvalue weighted by Crippen LogP contribution is -2.24. The summed E-state index contributed by atoms with van der Waals surface area (Å²) >= 11 is 0. The molecule has 17 heavy (non-hydrogen) atoms. The maximum atomic E-state index is 5.90. The minimum atomic E-state index is -1.53. The molecular formula is C15H22OSi. The first kappa shape index (κ1) is 12.4. The van der Waals surface area contributed by atoms with Gasteiger partial charge in [0.25, 0.3) is 0 Å². The molecule has 1 aliphatic carbocycles. The molecule has 0 aromatic heterocycles. The smallest absolute Gasteiger partial charge is 0.242 e. The van der Waals surface area contributed by atoms with Crippen molar-refractivity contribution in [3.63, 3.8) is 0 Å². The maximum absolute atomic E-state index is 5.90. The van der Waals surface area contributed by atoms with Crippen LogP contribution in [0.15, 0.2) is 30.8 Å². The molecule has 0 heterocycles. The molecule has 1 nitrogen and oxygen atoms in total. The zero-order valence-electron chi connectivity index (χ0n) is 11.1. The lowest BCUT2D eigenvalue weighted by atomic mass is 10.1. The number of hydrogen-bond donors (Lipinski definition) is 0. The van der Waals surface area contributed by atoms with Gasteiger partial charge in [0, 0.05) is 5.56 Å². The molecule has 1 aromatic carbocycles. The fourth-order valence-electron chi connectivity index (χ4n) is 1.91. The molecule has 0 radical (unpaired) electrons. The fourth-order valence-corrected chi connectivity index (χ4v) is 2.77. The van der Waals surface area contributed by atoms with Crippen LogP contribution in [0.4, 0.5) is 0 Å². The van der Waals surface area contributed by atoms with Crippen LogP contribution in [-0.4, -0.2) is 8.32 Å². The van der Waals surface area contributed by atoms with Crippen molar-refractivity contribution in [2.45, 2.75) is 38.9 Å². The number of hydrogen-bond acceptors (Lipinski definition) is 1. The minimum Gasteiger partial charge on any atom is -0.544 e. The molecule has 2 heteroatoms. The summed E-state index contributed by atoms with van der Waals surface area (Å²) in [5, 5.41) is 0. The average Bonchev–Trinajstić information content (AvgIpc) is 3.00. The second kappa shape index (κ2) is 4.69. The topological polar surface area (TPSA) is 9.23 Å². The standard InChI is InChI=1S/C15H22OSi/c1-12(16-17(2,3)4)15-9-7-14(8-10-15)11-13-5-6-13/h7-10,13H,1,5-6,11H2,2-4H3. The van der Waals surface area contributed by atoms with Crippen molar-refractivity contribution in [1.29, 1.82) is 0 Å². The zero-order valence-corrected chi connectivity index (χ0v) is 12.1. The number of rotatable bonds is 5. The van der Waals surface area contributed by atoms with Crippen LogP contribution in [0.1, 0.15) is 24.0 Å².